The lowest BCUT2D eigenvalue weighted by molar-refractivity contribution is -0.123. The van der Waals surface area contributed by atoms with Crippen LogP contribution in [0.4, 0.5) is 0 Å². The van der Waals surface area contributed by atoms with Crippen molar-refractivity contribution in [2.24, 2.45) is 11.7 Å². The predicted octanol–water partition coefficient (Wildman–Crippen LogP) is 2.29. The minimum absolute atomic E-state index is 0.0389. The van der Waals surface area contributed by atoms with Crippen molar-refractivity contribution in [1.29, 1.82) is 0 Å². The lowest BCUT2D eigenvalue weighted by Crippen LogP contribution is -2.49. The zero-order valence-electron chi connectivity index (χ0n) is 17.8. The summed E-state index contributed by atoms with van der Waals surface area (Å²) in [5, 5.41) is 3.03. The Kier molecular flexibility index (Phi) is 7.46. The highest BCUT2D eigenvalue weighted by Gasteiger charge is 2.26. The Hall–Kier alpha value is -2.86. The molecular weight excluding hydrogens is 378 g/mol. The number of hydrogen-bond donors (Lipinski definition) is 2. The fraction of sp³-hybridized carbons (Fsp3) is 0.417. The van der Waals surface area contributed by atoms with E-state index >= 15 is 0 Å². The van der Waals surface area contributed by atoms with Crippen molar-refractivity contribution < 1.29 is 14.3 Å². The first-order valence-electron chi connectivity index (χ1n) is 10.5. The van der Waals surface area contributed by atoms with Crippen molar-refractivity contribution >= 4 is 11.8 Å². The standard InChI is InChI=1S/C24H31N3O3/c1-17(2)22(27-12-11-19-5-3-4-6-20(19)15-27)14-26-24(29)16-30-21-9-7-18(8-10-21)13-23(25)28/h3-10,17,22H,11-16H2,1-2H3,(H2,25,28)(H,26,29)/t22-/m0/s1. The molecule has 0 spiro atoms. The van der Waals surface area contributed by atoms with Crippen LogP contribution in [0.15, 0.2) is 48.5 Å². The Balaban J connectivity index is 1.48. The summed E-state index contributed by atoms with van der Waals surface area (Å²) in [4.78, 5) is 25.7. The molecule has 1 aliphatic heterocycles. The SMILES string of the molecule is CC(C)[C@H](CNC(=O)COc1ccc(CC(N)=O)cc1)N1CCc2ccccc2C1. The minimum Gasteiger partial charge on any atom is -0.484 e. The highest BCUT2D eigenvalue weighted by molar-refractivity contribution is 5.77. The number of rotatable bonds is 9. The van der Waals surface area contributed by atoms with Crippen LogP contribution in [-0.4, -0.2) is 42.5 Å². The maximum Gasteiger partial charge on any atom is 0.257 e. The van der Waals surface area contributed by atoms with Gasteiger partial charge in [-0.2, -0.15) is 0 Å². The highest BCUT2D eigenvalue weighted by atomic mass is 16.5. The first kappa shape index (κ1) is 21.8. The van der Waals surface area contributed by atoms with Gasteiger partial charge >= 0.3 is 0 Å². The van der Waals surface area contributed by atoms with E-state index in [1.807, 2.05) is 0 Å². The van der Waals surface area contributed by atoms with E-state index in [2.05, 4.69) is 48.3 Å². The van der Waals surface area contributed by atoms with Crippen LogP contribution in [-0.2, 0) is 29.0 Å². The molecule has 0 fully saturated rings. The van der Waals surface area contributed by atoms with Gasteiger partial charge < -0.3 is 15.8 Å². The first-order chi connectivity index (χ1) is 14.4. The van der Waals surface area contributed by atoms with Crippen molar-refractivity contribution in [1.82, 2.24) is 10.2 Å². The van der Waals surface area contributed by atoms with Crippen LogP contribution in [0.3, 0.4) is 0 Å². The second-order valence-corrected chi connectivity index (χ2v) is 8.18. The number of carbonyl (C=O) groups is 2. The number of fused-ring (bicyclic) bond motifs is 1. The van der Waals surface area contributed by atoms with Gasteiger partial charge in [-0.3, -0.25) is 14.5 Å². The fourth-order valence-electron chi connectivity index (χ4n) is 3.91. The molecular formula is C24H31N3O3. The second kappa shape index (κ2) is 10.3. The zero-order valence-corrected chi connectivity index (χ0v) is 17.8. The van der Waals surface area contributed by atoms with Gasteiger partial charge in [-0.05, 0) is 41.2 Å². The summed E-state index contributed by atoms with van der Waals surface area (Å²) < 4.78 is 5.57. The second-order valence-electron chi connectivity index (χ2n) is 8.18. The summed E-state index contributed by atoms with van der Waals surface area (Å²) in [7, 11) is 0. The number of nitrogens with two attached hydrogens (primary N) is 1. The molecule has 0 aliphatic carbocycles. The van der Waals surface area contributed by atoms with Crippen LogP contribution in [0.25, 0.3) is 0 Å². The summed E-state index contributed by atoms with van der Waals surface area (Å²) in [6.07, 6.45) is 1.24. The number of nitrogens with one attached hydrogen (secondary N) is 1. The molecule has 1 heterocycles. The number of nitrogens with zero attached hydrogens (tertiary/aromatic N) is 1. The Bertz CT molecular complexity index is 864. The molecule has 0 saturated carbocycles. The first-order valence-corrected chi connectivity index (χ1v) is 10.5. The maximum atomic E-state index is 12.3. The molecule has 1 atom stereocenters. The van der Waals surface area contributed by atoms with E-state index < -0.39 is 0 Å². The van der Waals surface area contributed by atoms with Gasteiger partial charge in [-0.1, -0.05) is 50.2 Å². The van der Waals surface area contributed by atoms with E-state index in [1.165, 1.54) is 11.1 Å². The molecule has 0 unspecified atom stereocenters. The molecule has 0 radical (unpaired) electrons. The third kappa shape index (κ3) is 6.07. The van der Waals surface area contributed by atoms with E-state index in [0.717, 1.165) is 25.1 Å². The topological polar surface area (TPSA) is 84.7 Å². The van der Waals surface area contributed by atoms with E-state index in [4.69, 9.17) is 10.5 Å². The number of benzene rings is 2. The molecule has 0 bridgehead atoms. The molecule has 6 heteroatoms. The van der Waals surface area contributed by atoms with Gasteiger partial charge in [0.05, 0.1) is 6.42 Å². The zero-order chi connectivity index (χ0) is 21.5. The number of amides is 2. The monoisotopic (exact) mass is 409 g/mol. The minimum atomic E-state index is -0.375. The van der Waals surface area contributed by atoms with Crippen LogP contribution >= 0.6 is 0 Å². The van der Waals surface area contributed by atoms with Gasteiger partial charge in [-0.15, -0.1) is 0 Å². The lowest BCUT2D eigenvalue weighted by Gasteiger charge is -2.38. The highest BCUT2D eigenvalue weighted by Crippen LogP contribution is 2.22. The Morgan fingerprint density at radius 3 is 2.47 bits per heavy atom. The van der Waals surface area contributed by atoms with Gasteiger partial charge in [0.1, 0.15) is 5.75 Å². The van der Waals surface area contributed by atoms with Gasteiger partial charge in [-0.25, -0.2) is 0 Å². The van der Waals surface area contributed by atoms with Crippen molar-refractivity contribution in [3.05, 3.63) is 65.2 Å². The molecule has 0 aromatic heterocycles. The Labute approximate surface area is 178 Å². The Morgan fingerprint density at radius 1 is 1.10 bits per heavy atom. The smallest absolute Gasteiger partial charge is 0.257 e. The molecule has 1 aliphatic rings. The molecule has 2 aromatic rings. The Morgan fingerprint density at radius 2 is 1.80 bits per heavy atom. The molecule has 3 rings (SSSR count). The fourth-order valence-corrected chi connectivity index (χ4v) is 3.91. The third-order valence-electron chi connectivity index (χ3n) is 5.58. The summed E-state index contributed by atoms with van der Waals surface area (Å²) in [6.45, 7) is 6.87. The van der Waals surface area contributed by atoms with Crippen LogP contribution in [0.2, 0.25) is 0 Å². The molecule has 0 saturated heterocycles. The molecule has 2 amide bonds. The van der Waals surface area contributed by atoms with Crippen molar-refractivity contribution in [3.8, 4) is 5.75 Å². The number of hydrogen-bond acceptors (Lipinski definition) is 4. The van der Waals surface area contributed by atoms with Gasteiger partial charge in [0.25, 0.3) is 5.91 Å². The molecule has 6 nitrogen and oxygen atoms in total. The normalized spacial score (nSPS) is 14.8. The van der Waals surface area contributed by atoms with E-state index in [1.54, 1.807) is 24.3 Å². The molecule has 160 valence electrons. The van der Waals surface area contributed by atoms with Crippen molar-refractivity contribution in [2.45, 2.75) is 39.3 Å². The van der Waals surface area contributed by atoms with Crippen LogP contribution in [0, 0.1) is 5.92 Å². The summed E-state index contributed by atoms with van der Waals surface area (Å²) in [6, 6.07) is 15.9. The number of carbonyl (C=O) groups excluding carboxylic acids is 2. The van der Waals surface area contributed by atoms with Gasteiger partial charge in [0.15, 0.2) is 6.61 Å². The van der Waals surface area contributed by atoms with Gasteiger partial charge in [0, 0.05) is 25.7 Å². The molecule has 2 aromatic carbocycles. The van der Waals surface area contributed by atoms with Crippen molar-refractivity contribution in [2.75, 3.05) is 19.7 Å². The molecule has 30 heavy (non-hydrogen) atoms. The maximum absolute atomic E-state index is 12.3. The quantitative estimate of drug-likeness (QED) is 0.666. The van der Waals surface area contributed by atoms with Crippen LogP contribution < -0.4 is 15.8 Å². The molecule has 3 N–H and O–H groups in total. The average Bonchev–Trinajstić information content (AvgIpc) is 2.72. The number of primary amides is 1. The largest absolute Gasteiger partial charge is 0.484 e. The van der Waals surface area contributed by atoms with Crippen LogP contribution in [0.1, 0.15) is 30.5 Å². The third-order valence-corrected chi connectivity index (χ3v) is 5.58. The van der Waals surface area contributed by atoms with Crippen molar-refractivity contribution in [3.63, 3.8) is 0 Å². The summed E-state index contributed by atoms with van der Waals surface area (Å²) in [5.41, 5.74) is 8.82. The van der Waals surface area contributed by atoms with Gasteiger partial charge in [0.2, 0.25) is 5.91 Å². The summed E-state index contributed by atoms with van der Waals surface area (Å²) in [5.74, 6) is 0.500. The summed E-state index contributed by atoms with van der Waals surface area (Å²) >= 11 is 0. The lowest BCUT2D eigenvalue weighted by atomic mass is 9.95. The predicted molar refractivity (Wildman–Crippen MR) is 117 cm³/mol. The van der Waals surface area contributed by atoms with E-state index in [0.29, 0.717) is 18.2 Å². The van der Waals surface area contributed by atoms with E-state index in [-0.39, 0.29) is 30.9 Å². The van der Waals surface area contributed by atoms with E-state index in [9.17, 15) is 9.59 Å². The number of ether oxygens (including phenoxy) is 1. The van der Waals surface area contributed by atoms with Crippen LogP contribution in [0.5, 0.6) is 5.75 Å². The average molecular weight is 410 g/mol.